The van der Waals surface area contributed by atoms with Crippen molar-refractivity contribution in [1.82, 2.24) is 4.98 Å². The maximum absolute atomic E-state index is 13.5. The van der Waals surface area contributed by atoms with E-state index in [1.165, 1.54) is 17.4 Å². The number of ketones is 1. The number of para-hydroxylation sites is 1. The first-order chi connectivity index (χ1) is 10.1. The minimum atomic E-state index is -0.687. The van der Waals surface area contributed by atoms with Gasteiger partial charge in [-0.25, -0.2) is 13.8 Å². The van der Waals surface area contributed by atoms with Crippen molar-refractivity contribution in [2.24, 2.45) is 0 Å². The van der Waals surface area contributed by atoms with Crippen LogP contribution in [-0.4, -0.2) is 10.8 Å². The second-order valence-electron chi connectivity index (χ2n) is 4.67. The molecule has 0 radical (unpaired) electrons. The number of fused-ring (bicyclic) bond motifs is 1. The minimum Gasteiger partial charge on any atom is -0.299 e. The maximum Gasteiger partial charge on any atom is 0.144 e. The molecule has 0 aliphatic carbocycles. The van der Waals surface area contributed by atoms with Crippen molar-refractivity contribution in [2.45, 2.75) is 12.8 Å². The quantitative estimate of drug-likeness (QED) is 0.731. The van der Waals surface area contributed by atoms with Gasteiger partial charge < -0.3 is 0 Å². The third-order valence-electron chi connectivity index (χ3n) is 3.12. The van der Waals surface area contributed by atoms with Gasteiger partial charge in [-0.05, 0) is 24.3 Å². The number of rotatable bonds is 4. The number of hydrogen-bond donors (Lipinski definition) is 0. The van der Waals surface area contributed by atoms with Gasteiger partial charge in [-0.15, -0.1) is 11.3 Å². The zero-order chi connectivity index (χ0) is 14.8. The van der Waals surface area contributed by atoms with Crippen molar-refractivity contribution in [3.05, 3.63) is 64.7 Å². The fraction of sp³-hybridized carbons (Fsp3) is 0.125. The summed E-state index contributed by atoms with van der Waals surface area (Å²) >= 11 is 1.43. The Morgan fingerprint density at radius 3 is 2.43 bits per heavy atom. The lowest BCUT2D eigenvalue weighted by molar-refractivity contribution is -0.117. The largest absolute Gasteiger partial charge is 0.299 e. The van der Waals surface area contributed by atoms with Crippen molar-refractivity contribution in [2.75, 3.05) is 0 Å². The smallest absolute Gasteiger partial charge is 0.144 e. The third-order valence-corrected chi connectivity index (χ3v) is 4.16. The molecule has 2 aromatic carbocycles. The average molecular weight is 303 g/mol. The lowest BCUT2D eigenvalue weighted by Gasteiger charge is -2.03. The number of halogens is 2. The molecule has 0 aliphatic rings. The van der Waals surface area contributed by atoms with Crippen LogP contribution in [0.5, 0.6) is 0 Å². The summed E-state index contributed by atoms with van der Waals surface area (Å²) in [6, 6.07) is 11.2. The number of Topliss-reactive ketones (excluding diaryl/α,β-unsaturated/α-hetero) is 1. The van der Waals surface area contributed by atoms with Crippen LogP contribution >= 0.6 is 11.3 Å². The van der Waals surface area contributed by atoms with E-state index < -0.39 is 11.6 Å². The van der Waals surface area contributed by atoms with E-state index in [4.69, 9.17) is 0 Å². The van der Waals surface area contributed by atoms with E-state index >= 15 is 0 Å². The number of nitrogens with zero attached hydrogens (tertiary/aromatic N) is 1. The molecule has 21 heavy (non-hydrogen) atoms. The Kier molecular flexibility index (Phi) is 3.75. The molecule has 0 amide bonds. The molecule has 0 fully saturated rings. The molecule has 5 heteroatoms. The predicted octanol–water partition coefficient (Wildman–Crippen LogP) is 3.93. The summed E-state index contributed by atoms with van der Waals surface area (Å²) in [5.41, 5.74) is 0.658. The van der Waals surface area contributed by atoms with Crippen molar-refractivity contribution < 1.29 is 13.6 Å². The van der Waals surface area contributed by atoms with Crippen molar-refractivity contribution >= 4 is 27.3 Å². The van der Waals surface area contributed by atoms with Crippen LogP contribution in [0.3, 0.4) is 0 Å². The second kappa shape index (κ2) is 5.69. The topological polar surface area (TPSA) is 30.0 Å². The molecule has 3 rings (SSSR count). The minimum absolute atomic E-state index is 0.0904. The molecule has 0 saturated carbocycles. The third kappa shape index (κ3) is 2.97. The molecule has 106 valence electrons. The Morgan fingerprint density at radius 1 is 1.00 bits per heavy atom. The van der Waals surface area contributed by atoms with E-state index in [0.717, 1.165) is 22.3 Å². The summed E-state index contributed by atoms with van der Waals surface area (Å²) in [5, 5.41) is 0.665. The molecule has 1 aromatic heterocycles. The summed E-state index contributed by atoms with van der Waals surface area (Å²) < 4.78 is 28.0. The second-order valence-corrected chi connectivity index (χ2v) is 5.78. The summed E-state index contributed by atoms with van der Waals surface area (Å²) in [5.74, 6) is -1.63. The highest BCUT2D eigenvalue weighted by molar-refractivity contribution is 7.18. The standard InChI is InChI=1S/C16H11F2NOS/c17-12-4-3-5-13(18)11(12)8-10(20)9-16-19-14-6-1-2-7-15(14)21-16/h1-7H,8-9H2. The zero-order valence-electron chi connectivity index (χ0n) is 11.0. The summed E-state index contributed by atoms with van der Waals surface area (Å²) in [7, 11) is 0. The monoisotopic (exact) mass is 303 g/mol. The van der Waals surface area contributed by atoms with Gasteiger partial charge in [0.1, 0.15) is 22.4 Å². The SMILES string of the molecule is O=C(Cc1nc2ccccc2s1)Cc1c(F)cccc1F. The first-order valence-corrected chi connectivity index (χ1v) is 7.24. The molecule has 0 aliphatic heterocycles. The lowest BCUT2D eigenvalue weighted by atomic mass is 10.1. The zero-order valence-corrected chi connectivity index (χ0v) is 11.8. The molecule has 0 spiro atoms. The number of aromatic nitrogens is 1. The lowest BCUT2D eigenvalue weighted by Crippen LogP contribution is -2.09. The molecule has 3 aromatic rings. The normalized spacial score (nSPS) is 11.0. The number of carbonyl (C=O) groups is 1. The highest BCUT2D eigenvalue weighted by Crippen LogP contribution is 2.22. The van der Waals surface area contributed by atoms with E-state index in [-0.39, 0.29) is 24.2 Å². The molecular weight excluding hydrogens is 292 g/mol. The first-order valence-electron chi connectivity index (χ1n) is 6.42. The summed E-state index contributed by atoms with van der Waals surface area (Å²) in [4.78, 5) is 16.3. The highest BCUT2D eigenvalue weighted by Gasteiger charge is 2.15. The van der Waals surface area contributed by atoms with Gasteiger partial charge in [-0.1, -0.05) is 18.2 Å². The van der Waals surface area contributed by atoms with E-state index in [9.17, 15) is 13.6 Å². The van der Waals surface area contributed by atoms with Crippen LogP contribution in [0.25, 0.3) is 10.2 Å². The maximum atomic E-state index is 13.5. The fourth-order valence-corrected chi connectivity index (χ4v) is 3.12. The van der Waals surface area contributed by atoms with Gasteiger partial charge in [-0.3, -0.25) is 4.79 Å². The van der Waals surface area contributed by atoms with Gasteiger partial charge in [0, 0.05) is 12.0 Å². The fourth-order valence-electron chi connectivity index (χ4n) is 2.13. The highest BCUT2D eigenvalue weighted by atomic mass is 32.1. The molecule has 0 N–H and O–H groups in total. The summed E-state index contributed by atoms with van der Waals surface area (Å²) in [6.45, 7) is 0. The van der Waals surface area contributed by atoms with Crippen LogP contribution in [0.1, 0.15) is 10.6 Å². The van der Waals surface area contributed by atoms with E-state index in [2.05, 4.69) is 4.98 Å². The number of hydrogen-bond acceptors (Lipinski definition) is 3. The number of carbonyl (C=O) groups excluding carboxylic acids is 1. The Morgan fingerprint density at radius 2 is 1.71 bits per heavy atom. The molecule has 0 saturated heterocycles. The predicted molar refractivity (Wildman–Crippen MR) is 78.4 cm³/mol. The van der Waals surface area contributed by atoms with E-state index in [0.29, 0.717) is 5.01 Å². The van der Waals surface area contributed by atoms with Crippen LogP contribution in [0.15, 0.2) is 42.5 Å². The van der Waals surface area contributed by atoms with Gasteiger partial charge >= 0.3 is 0 Å². The Labute approximate surface area is 124 Å². The molecule has 0 unspecified atom stereocenters. The van der Waals surface area contributed by atoms with Crippen LogP contribution in [0, 0.1) is 11.6 Å². The van der Waals surface area contributed by atoms with Crippen molar-refractivity contribution in [3.8, 4) is 0 Å². The molecule has 0 atom stereocenters. The van der Waals surface area contributed by atoms with Gasteiger partial charge in [0.25, 0.3) is 0 Å². The number of thiazole rings is 1. The van der Waals surface area contributed by atoms with Crippen LogP contribution in [0.2, 0.25) is 0 Å². The Bertz CT molecular complexity index is 760. The van der Waals surface area contributed by atoms with Crippen LogP contribution < -0.4 is 0 Å². The van der Waals surface area contributed by atoms with Crippen molar-refractivity contribution in [1.29, 1.82) is 0 Å². The van der Waals surface area contributed by atoms with Gasteiger partial charge in [0.05, 0.1) is 16.6 Å². The summed E-state index contributed by atoms with van der Waals surface area (Å²) in [6.07, 6.45) is -0.165. The first kappa shape index (κ1) is 13.8. The average Bonchev–Trinajstić information content (AvgIpc) is 2.85. The van der Waals surface area contributed by atoms with E-state index in [1.54, 1.807) is 0 Å². The molecule has 2 nitrogen and oxygen atoms in total. The van der Waals surface area contributed by atoms with Crippen LogP contribution in [-0.2, 0) is 17.6 Å². The number of benzene rings is 2. The Balaban J connectivity index is 1.77. The van der Waals surface area contributed by atoms with Crippen molar-refractivity contribution in [3.63, 3.8) is 0 Å². The van der Waals surface area contributed by atoms with Crippen LogP contribution in [0.4, 0.5) is 8.78 Å². The van der Waals surface area contributed by atoms with Gasteiger partial charge in [0.15, 0.2) is 0 Å². The van der Waals surface area contributed by atoms with E-state index in [1.807, 2.05) is 24.3 Å². The molecule has 0 bridgehead atoms. The molecular formula is C16H11F2NOS. The van der Waals surface area contributed by atoms with Gasteiger partial charge in [-0.2, -0.15) is 0 Å². The molecule has 1 heterocycles. The van der Waals surface area contributed by atoms with Gasteiger partial charge in [0.2, 0.25) is 0 Å². The Hall–Kier alpha value is -2.14.